The molecule has 0 radical (unpaired) electrons. The van der Waals surface area contributed by atoms with Crippen LogP contribution in [0.3, 0.4) is 0 Å². The zero-order chi connectivity index (χ0) is 21.8. The zero-order valence-electron chi connectivity index (χ0n) is 16.9. The summed E-state index contributed by atoms with van der Waals surface area (Å²) in [6, 6.07) is 11.7. The molecular formula is C23H22ClNO5. The molecule has 0 saturated carbocycles. The Morgan fingerprint density at radius 2 is 1.83 bits per heavy atom. The van der Waals surface area contributed by atoms with Crippen molar-refractivity contribution in [3.05, 3.63) is 69.9 Å². The maximum atomic E-state index is 13.3. The number of aromatic hydroxyl groups is 1. The minimum absolute atomic E-state index is 0.106. The minimum atomic E-state index is -0.605. The number of carbonyl (C=O) groups excluding carboxylic acids is 2. The number of allylic oxidation sites excluding steroid dienone is 1. The summed E-state index contributed by atoms with van der Waals surface area (Å²) in [7, 11) is 0. The van der Waals surface area contributed by atoms with E-state index in [0.29, 0.717) is 34.3 Å². The molecule has 0 spiro atoms. The van der Waals surface area contributed by atoms with Crippen LogP contribution in [0.4, 0.5) is 5.69 Å². The molecule has 0 aromatic heterocycles. The Bertz CT molecular complexity index is 1040. The molecule has 156 valence electrons. The summed E-state index contributed by atoms with van der Waals surface area (Å²) >= 11 is 5.96. The highest BCUT2D eigenvalue weighted by molar-refractivity contribution is 6.30. The Morgan fingerprint density at radius 1 is 1.13 bits per heavy atom. The fourth-order valence-corrected chi connectivity index (χ4v) is 3.39. The molecule has 0 atom stereocenters. The van der Waals surface area contributed by atoms with Crippen molar-refractivity contribution in [2.45, 2.75) is 20.8 Å². The molecule has 0 fully saturated rings. The van der Waals surface area contributed by atoms with Gasteiger partial charge in [0.05, 0.1) is 24.4 Å². The number of benzene rings is 2. The number of hydrogen-bond acceptors (Lipinski definition) is 5. The standard InChI is InChI=1S/C23H22ClNO5/c1-4-29-19-8-6-7-15(21(19)26)13-18-20(23(28)30-5-2)14(3)25(22(18)27)17-11-9-16(24)10-12-17/h6-13,26H,4-5H2,1-3H3/b18-13-. The number of carbonyl (C=O) groups is 2. The maximum Gasteiger partial charge on any atom is 0.340 e. The number of rotatable bonds is 6. The first-order chi connectivity index (χ1) is 14.4. The summed E-state index contributed by atoms with van der Waals surface area (Å²) in [5.74, 6) is -0.818. The largest absolute Gasteiger partial charge is 0.504 e. The van der Waals surface area contributed by atoms with Crippen LogP contribution < -0.4 is 9.64 Å². The Kier molecular flexibility index (Phi) is 6.47. The molecule has 2 aromatic rings. The van der Waals surface area contributed by atoms with Crippen molar-refractivity contribution in [3.8, 4) is 11.5 Å². The minimum Gasteiger partial charge on any atom is -0.504 e. The number of phenols is 1. The third-order valence-electron chi connectivity index (χ3n) is 4.59. The van der Waals surface area contributed by atoms with Gasteiger partial charge in [-0.3, -0.25) is 9.69 Å². The molecule has 0 unspecified atom stereocenters. The monoisotopic (exact) mass is 427 g/mol. The van der Waals surface area contributed by atoms with E-state index in [-0.39, 0.29) is 23.5 Å². The number of esters is 1. The van der Waals surface area contributed by atoms with E-state index in [2.05, 4.69) is 0 Å². The number of amides is 1. The summed E-state index contributed by atoms with van der Waals surface area (Å²) < 4.78 is 10.6. The lowest BCUT2D eigenvalue weighted by atomic mass is 10.0. The number of phenolic OH excluding ortho intramolecular Hbond substituents is 1. The molecule has 30 heavy (non-hydrogen) atoms. The quantitative estimate of drug-likeness (QED) is 0.533. The molecule has 0 saturated heterocycles. The number of hydrogen-bond donors (Lipinski definition) is 1. The predicted octanol–water partition coefficient (Wildman–Crippen LogP) is 4.71. The molecule has 1 aliphatic rings. The Labute approximate surface area is 180 Å². The highest BCUT2D eigenvalue weighted by atomic mass is 35.5. The molecule has 1 N–H and O–H groups in total. The second-order valence-electron chi connectivity index (χ2n) is 6.48. The third-order valence-corrected chi connectivity index (χ3v) is 4.85. The van der Waals surface area contributed by atoms with E-state index in [1.54, 1.807) is 63.2 Å². The summed E-state index contributed by atoms with van der Waals surface area (Å²) in [5.41, 5.74) is 1.64. The van der Waals surface area contributed by atoms with Gasteiger partial charge in [-0.2, -0.15) is 0 Å². The molecule has 0 aliphatic carbocycles. The Balaban J connectivity index is 2.14. The Morgan fingerprint density at radius 3 is 2.47 bits per heavy atom. The van der Waals surface area contributed by atoms with Gasteiger partial charge in [-0.25, -0.2) is 4.79 Å². The molecule has 3 rings (SSSR count). The van der Waals surface area contributed by atoms with Crippen molar-refractivity contribution in [2.24, 2.45) is 0 Å². The fourth-order valence-electron chi connectivity index (χ4n) is 3.27. The lowest BCUT2D eigenvalue weighted by Gasteiger charge is -2.18. The van der Waals surface area contributed by atoms with Crippen molar-refractivity contribution in [2.75, 3.05) is 18.1 Å². The second-order valence-corrected chi connectivity index (χ2v) is 6.92. The van der Waals surface area contributed by atoms with Gasteiger partial charge in [0.15, 0.2) is 11.5 Å². The van der Waals surface area contributed by atoms with Gasteiger partial charge in [0.25, 0.3) is 5.91 Å². The number of para-hydroxylation sites is 1. The first-order valence-electron chi connectivity index (χ1n) is 9.53. The maximum absolute atomic E-state index is 13.3. The fraction of sp³-hybridized carbons (Fsp3) is 0.217. The third kappa shape index (κ3) is 4.04. The smallest absolute Gasteiger partial charge is 0.340 e. The van der Waals surface area contributed by atoms with Crippen LogP contribution in [0.1, 0.15) is 26.3 Å². The summed E-state index contributed by atoms with van der Waals surface area (Å²) in [6.45, 7) is 5.73. The van der Waals surface area contributed by atoms with Gasteiger partial charge in [-0.1, -0.05) is 23.7 Å². The van der Waals surface area contributed by atoms with Crippen molar-refractivity contribution in [1.82, 2.24) is 0 Å². The van der Waals surface area contributed by atoms with Gasteiger partial charge in [0, 0.05) is 22.0 Å². The van der Waals surface area contributed by atoms with Gasteiger partial charge in [0.2, 0.25) is 0 Å². The first kappa shape index (κ1) is 21.5. The molecule has 7 heteroatoms. The normalized spacial score (nSPS) is 15.1. The van der Waals surface area contributed by atoms with Crippen LogP contribution in [0.2, 0.25) is 5.02 Å². The van der Waals surface area contributed by atoms with Gasteiger partial charge in [-0.05, 0) is 57.2 Å². The van der Waals surface area contributed by atoms with Crippen LogP contribution in [-0.2, 0) is 14.3 Å². The predicted molar refractivity (Wildman–Crippen MR) is 116 cm³/mol. The number of anilines is 1. The van der Waals surface area contributed by atoms with E-state index >= 15 is 0 Å². The zero-order valence-corrected chi connectivity index (χ0v) is 17.7. The summed E-state index contributed by atoms with van der Waals surface area (Å²) in [4.78, 5) is 27.4. The average molecular weight is 428 g/mol. The SMILES string of the molecule is CCOC(=O)C1=C(C)N(c2ccc(Cl)cc2)C(=O)/C1=C\c1cccc(OCC)c1O. The van der Waals surface area contributed by atoms with Crippen LogP contribution in [-0.4, -0.2) is 30.2 Å². The van der Waals surface area contributed by atoms with Gasteiger partial charge in [-0.15, -0.1) is 0 Å². The highest BCUT2D eigenvalue weighted by Gasteiger charge is 2.38. The first-order valence-corrected chi connectivity index (χ1v) is 9.91. The molecular weight excluding hydrogens is 406 g/mol. The lowest BCUT2D eigenvalue weighted by molar-refractivity contribution is -0.138. The van der Waals surface area contributed by atoms with Crippen LogP contribution in [0.5, 0.6) is 11.5 Å². The van der Waals surface area contributed by atoms with Crippen molar-refractivity contribution < 1.29 is 24.2 Å². The Hall–Kier alpha value is -3.25. The van der Waals surface area contributed by atoms with E-state index < -0.39 is 11.9 Å². The van der Waals surface area contributed by atoms with Crippen molar-refractivity contribution in [3.63, 3.8) is 0 Å². The van der Waals surface area contributed by atoms with Gasteiger partial charge < -0.3 is 14.6 Å². The van der Waals surface area contributed by atoms with Crippen molar-refractivity contribution >= 4 is 35.2 Å². The van der Waals surface area contributed by atoms with E-state index in [4.69, 9.17) is 21.1 Å². The number of halogens is 1. The molecule has 1 aliphatic heterocycles. The van der Waals surface area contributed by atoms with E-state index in [1.807, 2.05) is 0 Å². The van der Waals surface area contributed by atoms with Crippen LogP contribution in [0, 0.1) is 0 Å². The summed E-state index contributed by atoms with van der Waals surface area (Å²) in [6.07, 6.45) is 1.48. The highest BCUT2D eigenvalue weighted by Crippen LogP contribution is 2.38. The van der Waals surface area contributed by atoms with Crippen molar-refractivity contribution in [1.29, 1.82) is 0 Å². The van der Waals surface area contributed by atoms with E-state index in [9.17, 15) is 14.7 Å². The van der Waals surface area contributed by atoms with Crippen LogP contribution in [0.25, 0.3) is 6.08 Å². The average Bonchev–Trinajstić information content (AvgIpc) is 2.96. The number of nitrogens with zero attached hydrogens (tertiary/aromatic N) is 1. The van der Waals surface area contributed by atoms with E-state index in [0.717, 1.165) is 0 Å². The topological polar surface area (TPSA) is 76.1 Å². The molecule has 6 nitrogen and oxygen atoms in total. The van der Waals surface area contributed by atoms with Gasteiger partial charge >= 0.3 is 5.97 Å². The number of ether oxygens (including phenoxy) is 2. The van der Waals surface area contributed by atoms with Crippen LogP contribution in [0.15, 0.2) is 59.3 Å². The molecule has 1 amide bonds. The molecule has 0 bridgehead atoms. The second kappa shape index (κ2) is 9.05. The summed E-state index contributed by atoms with van der Waals surface area (Å²) in [5, 5.41) is 11.1. The van der Waals surface area contributed by atoms with E-state index in [1.165, 1.54) is 11.0 Å². The molecule has 1 heterocycles. The van der Waals surface area contributed by atoms with Crippen LogP contribution >= 0.6 is 11.6 Å². The lowest BCUT2D eigenvalue weighted by Crippen LogP contribution is -2.24. The molecule has 2 aromatic carbocycles. The van der Waals surface area contributed by atoms with Gasteiger partial charge in [0.1, 0.15) is 0 Å².